The van der Waals surface area contributed by atoms with Crippen molar-refractivity contribution in [2.45, 2.75) is 12.7 Å². The maximum atomic E-state index is 10.6. The van der Waals surface area contributed by atoms with Gasteiger partial charge in [0.15, 0.2) is 11.5 Å². The summed E-state index contributed by atoms with van der Waals surface area (Å²) in [5, 5.41) is 0. The van der Waals surface area contributed by atoms with Gasteiger partial charge in [-0.25, -0.2) is 0 Å². The lowest BCUT2D eigenvalue weighted by Crippen LogP contribution is -2.02. The third kappa shape index (κ3) is 3.21. The molecule has 0 aromatic heterocycles. The van der Waals surface area contributed by atoms with Gasteiger partial charge in [0.25, 0.3) is 0 Å². The van der Waals surface area contributed by atoms with Gasteiger partial charge in [0.2, 0.25) is 0 Å². The second kappa shape index (κ2) is 5.72. The molecular formula is C10H13O4S-. The first kappa shape index (κ1) is 12.0. The molecule has 0 aliphatic heterocycles. The van der Waals surface area contributed by atoms with Crippen molar-refractivity contribution in [2.75, 3.05) is 13.7 Å². The molecule has 0 amide bonds. The Bertz CT molecular complexity index is 351. The van der Waals surface area contributed by atoms with E-state index in [9.17, 15) is 8.76 Å². The molecule has 1 atom stereocenters. The molecule has 1 aromatic carbocycles. The molecule has 1 aromatic rings. The molecule has 0 N–H and O–H groups in total. The second-order valence-electron chi connectivity index (χ2n) is 2.83. The molecule has 1 rings (SSSR count). The summed E-state index contributed by atoms with van der Waals surface area (Å²) >= 11 is -2.13. The van der Waals surface area contributed by atoms with Gasteiger partial charge in [0.05, 0.1) is 13.7 Å². The summed E-state index contributed by atoms with van der Waals surface area (Å²) in [5.74, 6) is 0.999. The van der Waals surface area contributed by atoms with Crippen LogP contribution in [0, 0.1) is 0 Å². The Hall–Kier alpha value is -1.07. The molecule has 4 nitrogen and oxygen atoms in total. The van der Waals surface area contributed by atoms with Crippen LogP contribution < -0.4 is 9.47 Å². The minimum atomic E-state index is -2.13. The van der Waals surface area contributed by atoms with Crippen molar-refractivity contribution < 1.29 is 18.2 Å². The third-order valence-corrected chi connectivity index (χ3v) is 2.39. The summed E-state index contributed by atoms with van der Waals surface area (Å²) in [6, 6.07) is 5.19. The number of benzene rings is 1. The van der Waals surface area contributed by atoms with Crippen molar-refractivity contribution in [1.82, 2.24) is 0 Å². The van der Waals surface area contributed by atoms with Gasteiger partial charge < -0.3 is 14.0 Å². The molecule has 84 valence electrons. The lowest BCUT2D eigenvalue weighted by Gasteiger charge is -2.14. The molecule has 0 radical (unpaired) electrons. The van der Waals surface area contributed by atoms with Crippen LogP contribution in [0.15, 0.2) is 18.2 Å². The van der Waals surface area contributed by atoms with Gasteiger partial charge in [-0.15, -0.1) is 0 Å². The fraction of sp³-hybridized carbons (Fsp3) is 0.400. The van der Waals surface area contributed by atoms with Crippen LogP contribution in [0.4, 0.5) is 0 Å². The Labute approximate surface area is 91.5 Å². The maximum absolute atomic E-state index is 10.6. The molecule has 0 saturated heterocycles. The standard InChI is InChI=1S/C10H14O4S/c1-3-14-10-8(7-15(11)12)5-4-6-9(10)13-2/h4-6H,3,7H2,1-2H3,(H,11,12)/p-1. The SMILES string of the molecule is CCOc1c(CS(=O)[O-])cccc1OC. The van der Waals surface area contributed by atoms with Crippen molar-refractivity contribution in [3.8, 4) is 11.5 Å². The monoisotopic (exact) mass is 229 g/mol. The fourth-order valence-electron chi connectivity index (χ4n) is 1.27. The zero-order valence-electron chi connectivity index (χ0n) is 8.69. The predicted molar refractivity (Wildman–Crippen MR) is 56.8 cm³/mol. The average molecular weight is 229 g/mol. The molecule has 0 aliphatic rings. The summed E-state index contributed by atoms with van der Waals surface area (Å²) in [6.45, 7) is 2.31. The smallest absolute Gasteiger partial charge is 0.165 e. The summed E-state index contributed by atoms with van der Waals surface area (Å²) < 4.78 is 31.7. The number of hydrogen-bond donors (Lipinski definition) is 0. The van der Waals surface area contributed by atoms with Gasteiger partial charge in [-0.3, -0.25) is 4.21 Å². The number of hydrogen-bond acceptors (Lipinski definition) is 4. The molecule has 0 saturated carbocycles. The summed E-state index contributed by atoms with van der Waals surface area (Å²) in [4.78, 5) is 0. The third-order valence-electron chi connectivity index (χ3n) is 1.84. The minimum absolute atomic E-state index is 0.0630. The number of ether oxygens (including phenoxy) is 2. The topological polar surface area (TPSA) is 58.6 Å². The lowest BCUT2D eigenvalue weighted by molar-refractivity contribution is 0.308. The summed E-state index contributed by atoms with van der Waals surface area (Å²) in [6.07, 6.45) is 0. The van der Waals surface area contributed by atoms with E-state index in [0.29, 0.717) is 23.7 Å². The minimum Gasteiger partial charge on any atom is -0.772 e. The van der Waals surface area contributed by atoms with E-state index >= 15 is 0 Å². The highest BCUT2D eigenvalue weighted by Crippen LogP contribution is 2.31. The lowest BCUT2D eigenvalue weighted by atomic mass is 10.2. The van der Waals surface area contributed by atoms with Crippen molar-refractivity contribution in [1.29, 1.82) is 0 Å². The zero-order chi connectivity index (χ0) is 11.3. The quantitative estimate of drug-likeness (QED) is 0.717. The van der Waals surface area contributed by atoms with Crippen LogP contribution in [-0.2, 0) is 16.8 Å². The zero-order valence-corrected chi connectivity index (χ0v) is 9.50. The molecule has 0 spiro atoms. The second-order valence-corrected chi connectivity index (χ2v) is 3.73. The summed E-state index contributed by atoms with van der Waals surface area (Å²) in [7, 11) is 1.52. The average Bonchev–Trinajstić information content (AvgIpc) is 2.20. The Kier molecular flexibility index (Phi) is 4.58. The van der Waals surface area contributed by atoms with Crippen LogP contribution in [0.5, 0.6) is 11.5 Å². The number of methoxy groups -OCH3 is 1. The number of rotatable bonds is 5. The maximum Gasteiger partial charge on any atom is 0.165 e. The van der Waals surface area contributed by atoms with Gasteiger partial charge in [0.1, 0.15) is 0 Å². The highest BCUT2D eigenvalue weighted by atomic mass is 32.2. The van der Waals surface area contributed by atoms with Crippen LogP contribution in [0.3, 0.4) is 0 Å². The first-order chi connectivity index (χ1) is 7.19. The van der Waals surface area contributed by atoms with E-state index in [1.807, 2.05) is 6.92 Å². The van der Waals surface area contributed by atoms with Crippen molar-refractivity contribution >= 4 is 11.1 Å². The van der Waals surface area contributed by atoms with Gasteiger partial charge >= 0.3 is 0 Å². The Morgan fingerprint density at radius 1 is 1.47 bits per heavy atom. The molecule has 15 heavy (non-hydrogen) atoms. The van der Waals surface area contributed by atoms with Gasteiger partial charge in [-0.2, -0.15) is 0 Å². The van der Waals surface area contributed by atoms with Crippen LogP contribution in [0.1, 0.15) is 12.5 Å². The molecular weight excluding hydrogens is 216 g/mol. The van der Waals surface area contributed by atoms with Crippen LogP contribution >= 0.6 is 0 Å². The molecule has 0 fully saturated rings. The van der Waals surface area contributed by atoms with Crippen molar-refractivity contribution in [3.05, 3.63) is 23.8 Å². The molecule has 0 aliphatic carbocycles. The molecule has 1 unspecified atom stereocenters. The molecule has 5 heteroatoms. The van der Waals surface area contributed by atoms with Gasteiger partial charge in [-0.05, 0) is 13.0 Å². The first-order valence-corrected chi connectivity index (χ1v) is 5.78. The highest BCUT2D eigenvalue weighted by molar-refractivity contribution is 7.78. The van der Waals surface area contributed by atoms with Crippen LogP contribution in [0.25, 0.3) is 0 Å². The highest BCUT2D eigenvalue weighted by Gasteiger charge is 2.09. The Morgan fingerprint density at radius 2 is 2.20 bits per heavy atom. The van der Waals surface area contributed by atoms with E-state index in [4.69, 9.17) is 9.47 Å². The van der Waals surface area contributed by atoms with Crippen molar-refractivity contribution in [2.24, 2.45) is 0 Å². The molecule has 0 bridgehead atoms. The predicted octanol–water partition coefficient (Wildman–Crippen LogP) is 1.47. The van der Waals surface area contributed by atoms with Gasteiger partial charge in [-0.1, -0.05) is 23.2 Å². The van der Waals surface area contributed by atoms with E-state index in [2.05, 4.69) is 0 Å². The fourth-order valence-corrected chi connectivity index (χ4v) is 1.75. The molecule has 0 heterocycles. The van der Waals surface area contributed by atoms with E-state index in [1.165, 1.54) is 7.11 Å². The van der Waals surface area contributed by atoms with Crippen molar-refractivity contribution in [3.63, 3.8) is 0 Å². The normalized spacial score (nSPS) is 12.2. The summed E-state index contributed by atoms with van der Waals surface area (Å²) in [5.41, 5.74) is 0.615. The van der Waals surface area contributed by atoms with Crippen LogP contribution in [-0.4, -0.2) is 22.5 Å². The first-order valence-electron chi connectivity index (χ1n) is 4.53. The van der Waals surface area contributed by atoms with Crippen LogP contribution in [0.2, 0.25) is 0 Å². The number of para-hydroxylation sites is 1. The van der Waals surface area contributed by atoms with E-state index in [1.54, 1.807) is 18.2 Å². The Balaban J connectivity index is 3.06. The van der Waals surface area contributed by atoms with Gasteiger partial charge in [0, 0.05) is 11.3 Å². The largest absolute Gasteiger partial charge is 0.772 e. The Morgan fingerprint density at radius 3 is 2.73 bits per heavy atom. The van der Waals surface area contributed by atoms with E-state index in [0.717, 1.165) is 0 Å². The van der Waals surface area contributed by atoms with E-state index in [-0.39, 0.29) is 5.75 Å². The van der Waals surface area contributed by atoms with E-state index < -0.39 is 11.1 Å².